The van der Waals surface area contributed by atoms with Gasteiger partial charge in [0.15, 0.2) is 11.5 Å². The summed E-state index contributed by atoms with van der Waals surface area (Å²) in [7, 11) is 3.02. The highest BCUT2D eigenvalue weighted by atomic mass is 16.5. The Labute approximate surface area is 146 Å². The van der Waals surface area contributed by atoms with Gasteiger partial charge in [-0.15, -0.1) is 0 Å². The topological polar surface area (TPSA) is 84.9 Å². The van der Waals surface area contributed by atoms with Crippen molar-refractivity contribution in [1.82, 2.24) is 5.32 Å². The lowest BCUT2D eigenvalue weighted by Gasteiger charge is -2.19. The zero-order valence-corrected chi connectivity index (χ0v) is 14.4. The molecular weight excluding hydrogens is 322 g/mol. The van der Waals surface area contributed by atoms with E-state index in [1.165, 1.54) is 14.2 Å². The molecule has 2 N–H and O–H groups in total. The van der Waals surface area contributed by atoms with Gasteiger partial charge in [-0.05, 0) is 30.2 Å². The predicted octanol–water partition coefficient (Wildman–Crippen LogP) is 2.96. The van der Waals surface area contributed by atoms with Crippen molar-refractivity contribution in [2.24, 2.45) is 0 Å². The zero-order valence-electron chi connectivity index (χ0n) is 14.4. The second kappa shape index (κ2) is 8.19. The van der Waals surface area contributed by atoms with Crippen LogP contribution in [0, 0.1) is 6.92 Å². The summed E-state index contributed by atoms with van der Waals surface area (Å²) in [6, 6.07) is 11.7. The molecule has 1 amide bonds. The highest BCUT2D eigenvalue weighted by Gasteiger charge is 2.21. The van der Waals surface area contributed by atoms with Crippen LogP contribution in [0.15, 0.2) is 42.5 Å². The van der Waals surface area contributed by atoms with Crippen LogP contribution in [0.3, 0.4) is 0 Å². The first-order valence-electron chi connectivity index (χ1n) is 7.76. The number of hydrogen-bond donors (Lipinski definition) is 2. The normalized spacial score (nSPS) is 11.5. The van der Waals surface area contributed by atoms with Crippen LogP contribution in [0.4, 0.5) is 0 Å². The molecule has 2 aromatic rings. The van der Waals surface area contributed by atoms with Crippen LogP contribution in [0.25, 0.3) is 0 Å². The minimum absolute atomic E-state index is 0.206. The van der Waals surface area contributed by atoms with Crippen molar-refractivity contribution in [3.8, 4) is 11.5 Å². The molecule has 2 rings (SSSR count). The zero-order chi connectivity index (χ0) is 18.4. The number of aliphatic carboxylic acids is 1. The van der Waals surface area contributed by atoms with Crippen molar-refractivity contribution < 1.29 is 24.2 Å². The fourth-order valence-corrected chi connectivity index (χ4v) is 2.57. The molecule has 0 saturated carbocycles. The van der Waals surface area contributed by atoms with E-state index in [2.05, 4.69) is 5.32 Å². The largest absolute Gasteiger partial charge is 0.493 e. The number of carbonyl (C=O) groups is 2. The summed E-state index contributed by atoms with van der Waals surface area (Å²) in [5.74, 6) is -0.388. The van der Waals surface area contributed by atoms with E-state index in [1.54, 1.807) is 43.3 Å². The van der Waals surface area contributed by atoms with Gasteiger partial charge < -0.3 is 19.9 Å². The fourth-order valence-electron chi connectivity index (χ4n) is 2.57. The number of benzene rings is 2. The monoisotopic (exact) mass is 343 g/mol. The van der Waals surface area contributed by atoms with Crippen LogP contribution in [0.2, 0.25) is 0 Å². The average Bonchev–Trinajstić information content (AvgIpc) is 2.61. The molecule has 1 unspecified atom stereocenters. The molecule has 2 aromatic carbocycles. The number of rotatable bonds is 7. The maximum Gasteiger partial charge on any atom is 0.305 e. The van der Waals surface area contributed by atoms with Crippen LogP contribution in [-0.4, -0.2) is 31.2 Å². The molecular formula is C19H21NO5. The van der Waals surface area contributed by atoms with Crippen molar-refractivity contribution in [3.05, 3.63) is 59.2 Å². The molecule has 0 heterocycles. The summed E-state index contributed by atoms with van der Waals surface area (Å²) in [5, 5.41) is 11.9. The van der Waals surface area contributed by atoms with E-state index >= 15 is 0 Å². The van der Waals surface area contributed by atoms with Gasteiger partial charge in [0.25, 0.3) is 5.91 Å². The summed E-state index contributed by atoms with van der Waals surface area (Å²) in [4.78, 5) is 23.9. The Hall–Kier alpha value is -3.02. The van der Waals surface area contributed by atoms with Gasteiger partial charge in [-0.1, -0.05) is 30.3 Å². The molecule has 0 fully saturated rings. The van der Waals surface area contributed by atoms with E-state index in [0.717, 1.165) is 5.56 Å². The first kappa shape index (κ1) is 18.3. The SMILES string of the molecule is COc1cc(C)c(C(=O)NC(CC(=O)O)c2ccccc2)cc1OC. The number of carboxylic acids is 1. The molecule has 0 aliphatic rings. The third-order valence-corrected chi connectivity index (χ3v) is 3.86. The van der Waals surface area contributed by atoms with E-state index in [4.69, 9.17) is 14.6 Å². The Kier molecular flexibility index (Phi) is 6.00. The van der Waals surface area contributed by atoms with E-state index in [0.29, 0.717) is 22.6 Å². The van der Waals surface area contributed by atoms with Gasteiger partial charge in [-0.25, -0.2) is 0 Å². The molecule has 0 aromatic heterocycles. The predicted molar refractivity (Wildman–Crippen MR) is 93.2 cm³/mol. The summed E-state index contributed by atoms with van der Waals surface area (Å²) < 4.78 is 10.5. The van der Waals surface area contributed by atoms with Crippen molar-refractivity contribution in [3.63, 3.8) is 0 Å². The van der Waals surface area contributed by atoms with Crippen molar-refractivity contribution in [1.29, 1.82) is 0 Å². The van der Waals surface area contributed by atoms with E-state index in [-0.39, 0.29) is 12.3 Å². The third-order valence-electron chi connectivity index (χ3n) is 3.86. The van der Waals surface area contributed by atoms with Gasteiger partial charge in [0.05, 0.1) is 26.7 Å². The van der Waals surface area contributed by atoms with Crippen molar-refractivity contribution in [2.45, 2.75) is 19.4 Å². The lowest BCUT2D eigenvalue weighted by atomic mass is 10.0. The first-order chi connectivity index (χ1) is 12.0. The number of aryl methyl sites for hydroxylation is 1. The van der Waals surface area contributed by atoms with Gasteiger partial charge in [-0.2, -0.15) is 0 Å². The lowest BCUT2D eigenvalue weighted by molar-refractivity contribution is -0.137. The number of nitrogens with one attached hydrogen (secondary N) is 1. The molecule has 0 saturated heterocycles. The maximum absolute atomic E-state index is 12.7. The minimum Gasteiger partial charge on any atom is -0.493 e. The first-order valence-corrected chi connectivity index (χ1v) is 7.76. The molecule has 6 heteroatoms. The Morgan fingerprint density at radius 3 is 2.24 bits per heavy atom. The highest BCUT2D eigenvalue weighted by molar-refractivity contribution is 5.96. The number of amides is 1. The molecule has 6 nitrogen and oxygen atoms in total. The molecule has 1 atom stereocenters. The molecule has 132 valence electrons. The third kappa shape index (κ3) is 4.50. The van der Waals surface area contributed by atoms with Crippen LogP contribution >= 0.6 is 0 Å². The summed E-state index contributed by atoms with van der Waals surface area (Å²) in [6.45, 7) is 1.78. The molecule has 25 heavy (non-hydrogen) atoms. The number of methoxy groups -OCH3 is 2. The number of carboxylic acid groups (broad SMARTS) is 1. The summed E-state index contributed by atoms with van der Waals surface area (Å²) >= 11 is 0. The second-order valence-corrected chi connectivity index (χ2v) is 5.56. The quantitative estimate of drug-likeness (QED) is 0.807. The van der Waals surface area contributed by atoms with Gasteiger partial charge in [-0.3, -0.25) is 9.59 Å². The molecule has 0 aliphatic heterocycles. The lowest BCUT2D eigenvalue weighted by Crippen LogP contribution is -2.30. The van der Waals surface area contributed by atoms with E-state index in [1.807, 2.05) is 6.07 Å². The number of hydrogen-bond acceptors (Lipinski definition) is 4. The van der Waals surface area contributed by atoms with Crippen LogP contribution in [0.5, 0.6) is 11.5 Å². The summed E-state index contributed by atoms with van der Waals surface area (Å²) in [5.41, 5.74) is 1.85. The van der Waals surface area contributed by atoms with E-state index in [9.17, 15) is 9.59 Å². The van der Waals surface area contributed by atoms with Crippen LogP contribution < -0.4 is 14.8 Å². The number of ether oxygens (including phenoxy) is 2. The fraction of sp³-hybridized carbons (Fsp3) is 0.263. The summed E-state index contributed by atoms with van der Waals surface area (Å²) in [6.07, 6.45) is -0.206. The van der Waals surface area contributed by atoms with Gasteiger partial charge >= 0.3 is 5.97 Å². The van der Waals surface area contributed by atoms with Crippen LogP contribution in [-0.2, 0) is 4.79 Å². The number of carbonyl (C=O) groups excluding carboxylic acids is 1. The second-order valence-electron chi connectivity index (χ2n) is 5.56. The van der Waals surface area contributed by atoms with Gasteiger partial charge in [0.2, 0.25) is 0 Å². The molecule has 0 spiro atoms. The van der Waals surface area contributed by atoms with Gasteiger partial charge in [0.1, 0.15) is 0 Å². The Morgan fingerprint density at radius 2 is 1.68 bits per heavy atom. The molecule has 0 radical (unpaired) electrons. The van der Waals surface area contributed by atoms with Crippen molar-refractivity contribution in [2.75, 3.05) is 14.2 Å². The maximum atomic E-state index is 12.7. The smallest absolute Gasteiger partial charge is 0.305 e. The Bertz CT molecular complexity index is 758. The van der Waals surface area contributed by atoms with Crippen molar-refractivity contribution >= 4 is 11.9 Å². The standard InChI is InChI=1S/C19H21NO5/c1-12-9-16(24-2)17(25-3)10-14(12)19(23)20-15(11-18(21)22)13-7-5-4-6-8-13/h4-10,15H,11H2,1-3H3,(H,20,23)(H,21,22). The Morgan fingerprint density at radius 1 is 1.08 bits per heavy atom. The Balaban J connectivity index is 2.31. The average molecular weight is 343 g/mol. The van der Waals surface area contributed by atoms with E-state index < -0.39 is 12.0 Å². The highest BCUT2D eigenvalue weighted by Crippen LogP contribution is 2.30. The van der Waals surface area contributed by atoms with Gasteiger partial charge in [0, 0.05) is 5.56 Å². The minimum atomic E-state index is -0.988. The molecule has 0 bridgehead atoms. The van der Waals surface area contributed by atoms with Crippen LogP contribution in [0.1, 0.15) is 33.9 Å². The molecule has 0 aliphatic carbocycles.